The molecule has 6 heteroatoms. The summed E-state index contributed by atoms with van der Waals surface area (Å²) in [5.41, 5.74) is 2.74. The van der Waals surface area contributed by atoms with Gasteiger partial charge >= 0.3 is 0 Å². The van der Waals surface area contributed by atoms with Gasteiger partial charge in [0.05, 0.1) is 5.69 Å². The third kappa shape index (κ3) is 3.54. The number of aromatic nitrogens is 2. The first-order valence-corrected chi connectivity index (χ1v) is 9.96. The summed E-state index contributed by atoms with van der Waals surface area (Å²) >= 11 is 0. The second-order valence-corrected chi connectivity index (χ2v) is 7.31. The second-order valence-electron chi connectivity index (χ2n) is 7.31. The standard InChI is InChI=1S/C22H27N5O/c1-3-23-19-9-6-12-24-21(19)26(2)17-10-13-27(14-11-17)22(28)20-15-16-7-4-5-8-18(16)25-20/h4-9,12,15,17,23,25H,3,10-11,13-14H2,1-2H3. The molecule has 3 heterocycles. The average molecular weight is 377 g/mol. The van der Waals surface area contributed by atoms with Gasteiger partial charge in [0.1, 0.15) is 5.69 Å². The number of likely N-dealkylation sites (tertiary alicyclic amines) is 1. The lowest BCUT2D eigenvalue weighted by molar-refractivity contribution is 0.0708. The van der Waals surface area contributed by atoms with Crippen LogP contribution in [0.4, 0.5) is 11.5 Å². The smallest absolute Gasteiger partial charge is 0.270 e. The van der Waals surface area contributed by atoms with E-state index in [1.807, 2.05) is 47.5 Å². The number of para-hydroxylation sites is 1. The Kier molecular flexibility index (Phi) is 5.19. The Morgan fingerprint density at radius 1 is 1.25 bits per heavy atom. The van der Waals surface area contributed by atoms with E-state index in [0.29, 0.717) is 11.7 Å². The summed E-state index contributed by atoms with van der Waals surface area (Å²) in [4.78, 5) is 25.0. The normalized spacial score (nSPS) is 15.0. The molecule has 4 rings (SSSR count). The van der Waals surface area contributed by atoms with Crippen LogP contribution >= 0.6 is 0 Å². The van der Waals surface area contributed by atoms with E-state index in [9.17, 15) is 4.79 Å². The van der Waals surface area contributed by atoms with Crippen molar-refractivity contribution >= 4 is 28.3 Å². The highest BCUT2D eigenvalue weighted by atomic mass is 16.2. The molecule has 0 bridgehead atoms. The molecule has 0 aliphatic carbocycles. The third-order valence-corrected chi connectivity index (χ3v) is 5.55. The molecular weight excluding hydrogens is 350 g/mol. The fourth-order valence-electron chi connectivity index (χ4n) is 3.99. The van der Waals surface area contributed by atoms with Gasteiger partial charge < -0.3 is 20.1 Å². The fraction of sp³-hybridized carbons (Fsp3) is 0.364. The molecule has 1 amide bonds. The first kappa shape index (κ1) is 18.3. The van der Waals surface area contributed by atoms with Crippen LogP contribution in [0.3, 0.4) is 0 Å². The molecule has 28 heavy (non-hydrogen) atoms. The van der Waals surface area contributed by atoms with Crippen LogP contribution in [0.1, 0.15) is 30.3 Å². The first-order chi connectivity index (χ1) is 13.7. The van der Waals surface area contributed by atoms with Gasteiger partial charge in [0.2, 0.25) is 0 Å². The second kappa shape index (κ2) is 7.92. The largest absolute Gasteiger partial charge is 0.382 e. The lowest BCUT2D eigenvalue weighted by Gasteiger charge is -2.37. The summed E-state index contributed by atoms with van der Waals surface area (Å²) in [5, 5.41) is 4.46. The van der Waals surface area contributed by atoms with Crippen molar-refractivity contribution in [1.82, 2.24) is 14.9 Å². The summed E-state index contributed by atoms with van der Waals surface area (Å²) in [6, 6.07) is 14.3. The number of fused-ring (bicyclic) bond motifs is 1. The van der Waals surface area contributed by atoms with Crippen molar-refractivity contribution in [3.05, 3.63) is 54.4 Å². The molecule has 1 saturated heterocycles. The van der Waals surface area contributed by atoms with Crippen molar-refractivity contribution in [3.63, 3.8) is 0 Å². The number of hydrogen-bond acceptors (Lipinski definition) is 4. The summed E-state index contributed by atoms with van der Waals surface area (Å²) < 4.78 is 0. The summed E-state index contributed by atoms with van der Waals surface area (Å²) in [6.07, 6.45) is 3.70. The monoisotopic (exact) mass is 377 g/mol. The topological polar surface area (TPSA) is 64.3 Å². The van der Waals surface area contributed by atoms with Crippen LogP contribution in [0.5, 0.6) is 0 Å². The Bertz CT molecular complexity index is 925. The van der Waals surface area contributed by atoms with Crippen molar-refractivity contribution in [2.24, 2.45) is 0 Å². The summed E-state index contributed by atoms with van der Waals surface area (Å²) in [7, 11) is 2.10. The molecule has 1 fully saturated rings. The van der Waals surface area contributed by atoms with Gasteiger partial charge in [-0.3, -0.25) is 4.79 Å². The molecular formula is C22H27N5O. The van der Waals surface area contributed by atoms with Gasteiger partial charge in [-0.1, -0.05) is 18.2 Å². The van der Waals surface area contributed by atoms with Gasteiger partial charge in [-0.15, -0.1) is 0 Å². The van der Waals surface area contributed by atoms with E-state index in [2.05, 4.69) is 40.2 Å². The molecule has 2 N–H and O–H groups in total. The number of aromatic amines is 1. The number of piperidine rings is 1. The molecule has 3 aromatic rings. The fourth-order valence-corrected chi connectivity index (χ4v) is 3.99. The number of benzene rings is 1. The number of nitrogens with one attached hydrogen (secondary N) is 2. The maximum atomic E-state index is 12.9. The van der Waals surface area contributed by atoms with Crippen LogP contribution < -0.4 is 10.2 Å². The van der Waals surface area contributed by atoms with Gasteiger partial charge in [-0.05, 0) is 44.0 Å². The SMILES string of the molecule is CCNc1cccnc1N(C)C1CCN(C(=O)c2cc3ccccc3[nH]2)CC1. The van der Waals surface area contributed by atoms with Crippen LogP contribution in [-0.2, 0) is 0 Å². The highest BCUT2D eigenvalue weighted by Crippen LogP contribution is 2.27. The van der Waals surface area contributed by atoms with Gasteiger partial charge in [-0.25, -0.2) is 4.98 Å². The van der Waals surface area contributed by atoms with Crippen LogP contribution in [0, 0.1) is 0 Å². The number of hydrogen-bond donors (Lipinski definition) is 2. The van der Waals surface area contributed by atoms with Crippen molar-refractivity contribution in [3.8, 4) is 0 Å². The lowest BCUT2D eigenvalue weighted by Crippen LogP contribution is -2.46. The Morgan fingerprint density at radius 2 is 2.04 bits per heavy atom. The molecule has 1 aromatic carbocycles. The zero-order valence-electron chi connectivity index (χ0n) is 16.5. The molecule has 0 saturated carbocycles. The average Bonchev–Trinajstić information content (AvgIpc) is 3.18. The number of pyridine rings is 1. The number of carbonyl (C=O) groups is 1. The van der Waals surface area contributed by atoms with Crippen molar-refractivity contribution in [2.45, 2.75) is 25.8 Å². The van der Waals surface area contributed by atoms with Crippen LogP contribution in [0.2, 0.25) is 0 Å². The van der Waals surface area contributed by atoms with Gasteiger partial charge in [0.25, 0.3) is 5.91 Å². The predicted molar refractivity (Wildman–Crippen MR) is 114 cm³/mol. The van der Waals surface area contributed by atoms with E-state index in [0.717, 1.165) is 54.9 Å². The Hall–Kier alpha value is -3.02. The number of rotatable bonds is 5. The maximum Gasteiger partial charge on any atom is 0.270 e. The minimum Gasteiger partial charge on any atom is -0.382 e. The van der Waals surface area contributed by atoms with Crippen molar-refractivity contribution in [2.75, 3.05) is 36.9 Å². The Labute approximate surface area is 165 Å². The van der Waals surface area contributed by atoms with Crippen molar-refractivity contribution in [1.29, 1.82) is 0 Å². The Balaban J connectivity index is 1.42. The minimum atomic E-state index is 0.0866. The van der Waals surface area contributed by atoms with E-state index < -0.39 is 0 Å². The Morgan fingerprint density at radius 3 is 2.79 bits per heavy atom. The van der Waals surface area contributed by atoms with E-state index in [-0.39, 0.29) is 5.91 Å². The number of carbonyl (C=O) groups excluding carboxylic acids is 1. The first-order valence-electron chi connectivity index (χ1n) is 9.96. The van der Waals surface area contributed by atoms with Gasteiger partial charge in [0.15, 0.2) is 5.82 Å². The summed E-state index contributed by atoms with van der Waals surface area (Å²) in [6.45, 7) is 4.47. The molecule has 2 aromatic heterocycles. The molecule has 146 valence electrons. The summed E-state index contributed by atoms with van der Waals surface area (Å²) in [5.74, 6) is 1.06. The highest BCUT2D eigenvalue weighted by molar-refractivity contribution is 5.98. The lowest BCUT2D eigenvalue weighted by atomic mass is 10.0. The molecule has 0 radical (unpaired) electrons. The van der Waals surface area contributed by atoms with Crippen LogP contribution in [0.15, 0.2) is 48.7 Å². The van der Waals surface area contributed by atoms with E-state index in [1.54, 1.807) is 0 Å². The molecule has 0 atom stereocenters. The number of amides is 1. The maximum absolute atomic E-state index is 12.9. The van der Waals surface area contributed by atoms with Gasteiger partial charge in [-0.2, -0.15) is 0 Å². The highest BCUT2D eigenvalue weighted by Gasteiger charge is 2.28. The number of anilines is 2. The van der Waals surface area contributed by atoms with E-state index in [4.69, 9.17) is 0 Å². The van der Waals surface area contributed by atoms with Crippen LogP contribution in [-0.4, -0.2) is 53.5 Å². The molecule has 6 nitrogen and oxygen atoms in total. The number of nitrogens with zero attached hydrogens (tertiary/aromatic N) is 3. The molecule has 1 aliphatic heterocycles. The molecule has 1 aliphatic rings. The van der Waals surface area contributed by atoms with E-state index in [1.165, 1.54) is 0 Å². The minimum absolute atomic E-state index is 0.0866. The molecule has 0 spiro atoms. The van der Waals surface area contributed by atoms with Crippen molar-refractivity contribution < 1.29 is 4.79 Å². The van der Waals surface area contributed by atoms with Crippen LogP contribution in [0.25, 0.3) is 10.9 Å². The number of H-pyrrole nitrogens is 1. The zero-order valence-corrected chi connectivity index (χ0v) is 16.5. The molecule has 0 unspecified atom stereocenters. The predicted octanol–water partition coefficient (Wildman–Crippen LogP) is 3.74. The zero-order chi connectivity index (χ0) is 19.5. The van der Waals surface area contributed by atoms with Gasteiger partial charge in [0, 0.05) is 49.8 Å². The van der Waals surface area contributed by atoms with E-state index >= 15 is 0 Å². The third-order valence-electron chi connectivity index (χ3n) is 5.55. The quantitative estimate of drug-likeness (QED) is 0.711.